The lowest BCUT2D eigenvalue weighted by Gasteiger charge is -2.40. The molecule has 2 aromatic carbocycles. The minimum Gasteiger partial charge on any atom is -0.368 e. The van der Waals surface area contributed by atoms with E-state index < -0.39 is 0 Å². The Hall–Kier alpha value is -3.06. The fraction of sp³-hybridized carbons (Fsp3) is 0.393. The Morgan fingerprint density at radius 2 is 1.54 bits per heavy atom. The van der Waals surface area contributed by atoms with Crippen molar-refractivity contribution in [1.29, 1.82) is 0 Å². The van der Waals surface area contributed by atoms with Crippen LogP contribution >= 0.6 is 11.8 Å². The van der Waals surface area contributed by atoms with E-state index in [1.54, 1.807) is 24.2 Å². The van der Waals surface area contributed by atoms with Crippen LogP contribution in [0.15, 0.2) is 70.8 Å². The first kappa shape index (κ1) is 23.7. The first-order valence-electron chi connectivity index (χ1n) is 12.5. The molecule has 2 saturated heterocycles. The van der Waals surface area contributed by atoms with Crippen molar-refractivity contribution in [3.63, 3.8) is 0 Å². The van der Waals surface area contributed by atoms with Gasteiger partial charge in [0.2, 0.25) is 5.91 Å². The zero-order chi connectivity index (χ0) is 24.2. The highest BCUT2D eigenvalue weighted by molar-refractivity contribution is 7.99. The van der Waals surface area contributed by atoms with E-state index in [0.29, 0.717) is 5.91 Å². The molecule has 7 heteroatoms. The summed E-state index contributed by atoms with van der Waals surface area (Å²) in [5.74, 6) is 1.35. The Labute approximate surface area is 212 Å². The van der Waals surface area contributed by atoms with Crippen LogP contribution in [0.4, 0.5) is 11.5 Å². The first-order valence-corrected chi connectivity index (χ1v) is 13.3. The van der Waals surface area contributed by atoms with Crippen LogP contribution in [0, 0.1) is 19.8 Å². The maximum absolute atomic E-state index is 13.3. The van der Waals surface area contributed by atoms with Gasteiger partial charge in [-0.15, -0.1) is 0 Å². The molecule has 6 nitrogen and oxygen atoms in total. The second-order valence-electron chi connectivity index (χ2n) is 9.39. The average Bonchev–Trinajstić information content (AvgIpc) is 2.91. The number of hydrogen-bond acceptors (Lipinski definition) is 6. The smallest absolute Gasteiger partial charge is 0.225 e. The molecule has 35 heavy (non-hydrogen) atoms. The van der Waals surface area contributed by atoms with Crippen molar-refractivity contribution in [1.82, 2.24) is 14.9 Å². The third-order valence-corrected chi connectivity index (χ3v) is 8.25. The molecule has 5 rings (SSSR count). The largest absolute Gasteiger partial charge is 0.368 e. The van der Waals surface area contributed by atoms with E-state index in [1.807, 2.05) is 18.2 Å². The summed E-state index contributed by atoms with van der Waals surface area (Å²) in [4.78, 5) is 30.5. The predicted molar refractivity (Wildman–Crippen MR) is 142 cm³/mol. The highest BCUT2D eigenvalue weighted by atomic mass is 32.2. The van der Waals surface area contributed by atoms with E-state index in [2.05, 4.69) is 68.8 Å². The van der Waals surface area contributed by atoms with E-state index in [1.165, 1.54) is 16.8 Å². The number of carbonyl (C=O) groups excluding carboxylic acids is 1. The molecular weight excluding hydrogens is 454 g/mol. The van der Waals surface area contributed by atoms with E-state index in [-0.39, 0.29) is 5.92 Å². The lowest BCUT2D eigenvalue weighted by molar-refractivity contribution is -0.136. The van der Waals surface area contributed by atoms with E-state index in [4.69, 9.17) is 0 Å². The fourth-order valence-electron chi connectivity index (χ4n) is 5.05. The van der Waals surface area contributed by atoms with Crippen LogP contribution in [0.3, 0.4) is 0 Å². The van der Waals surface area contributed by atoms with Gasteiger partial charge in [-0.1, -0.05) is 42.1 Å². The zero-order valence-corrected chi connectivity index (χ0v) is 21.4. The highest BCUT2D eigenvalue weighted by Crippen LogP contribution is 2.34. The molecule has 0 radical (unpaired) electrons. The minimum atomic E-state index is 0.0976. The van der Waals surface area contributed by atoms with E-state index in [0.717, 1.165) is 67.8 Å². The molecule has 0 spiro atoms. The third-order valence-electron chi connectivity index (χ3n) is 7.26. The number of carbonyl (C=O) groups is 1. The number of piperazine rings is 1. The quantitative estimate of drug-likeness (QED) is 0.515. The summed E-state index contributed by atoms with van der Waals surface area (Å²) in [5, 5.41) is 0.922. The molecule has 0 unspecified atom stereocenters. The molecule has 2 fully saturated rings. The number of anilines is 2. The van der Waals surface area contributed by atoms with Crippen LogP contribution in [-0.4, -0.2) is 60.0 Å². The van der Waals surface area contributed by atoms with Crippen molar-refractivity contribution < 1.29 is 4.79 Å². The molecule has 0 atom stereocenters. The van der Waals surface area contributed by atoms with Gasteiger partial charge < -0.3 is 14.7 Å². The number of nitrogens with zero attached hydrogens (tertiary/aromatic N) is 5. The Morgan fingerprint density at radius 1 is 0.829 bits per heavy atom. The van der Waals surface area contributed by atoms with Crippen LogP contribution in [0.2, 0.25) is 0 Å². The number of aromatic nitrogens is 2. The summed E-state index contributed by atoms with van der Waals surface area (Å²) in [7, 11) is 0. The summed E-state index contributed by atoms with van der Waals surface area (Å²) >= 11 is 1.64. The standard InChI is InChI=1S/C28H33N5OS/c1-21-7-6-10-25(22(21)2)31-17-19-33(20-18-31)28(34)23-11-15-32(16-12-23)26-27(30-14-13-29-26)35-24-8-4-3-5-9-24/h3-10,13-14,23H,11-12,15-20H2,1-2H3. The molecule has 0 saturated carbocycles. The van der Waals surface area contributed by atoms with Gasteiger partial charge in [0.1, 0.15) is 5.03 Å². The van der Waals surface area contributed by atoms with Crippen molar-refractivity contribution >= 4 is 29.2 Å². The molecule has 182 valence electrons. The maximum atomic E-state index is 13.3. The average molecular weight is 488 g/mol. The van der Waals surface area contributed by atoms with Crippen LogP contribution in [0.25, 0.3) is 0 Å². The van der Waals surface area contributed by atoms with Gasteiger partial charge in [-0.3, -0.25) is 4.79 Å². The normalized spacial score (nSPS) is 17.0. The molecule has 3 aromatic rings. The van der Waals surface area contributed by atoms with Gasteiger partial charge in [-0.05, 0) is 56.0 Å². The van der Waals surface area contributed by atoms with Gasteiger partial charge in [0, 0.05) is 68.2 Å². The van der Waals surface area contributed by atoms with Crippen LogP contribution < -0.4 is 9.80 Å². The summed E-state index contributed by atoms with van der Waals surface area (Å²) in [6.07, 6.45) is 5.24. The van der Waals surface area contributed by atoms with Gasteiger partial charge in [-0.25, -0.2) is 9.97 Å². The van der Waals surface area contributed by atoms with Gasteiger partial charge >= 0.3 is 0 Å². The molecule has 0 N–H and O–H groups in total. The fourth-order valence-corrected chi connectivity index (χ4v) is 5.95. The summed E-state index contributed by atoms with van der Waals surface area (Å²) in [6, 6.07) is 16.8. The molecule has 3 heterocycles. The molecule has 2 aliphatic heterocycles. The maximum Gasteiger partial charge on any atom is 0.225 e. The number of amides is 1. The van der Waals surface area contributed by atoms with Gasteiger partial charge in [0.05, 0.1) is 0 Å². The Balaban J connectivity index is 1.16. The molecule has 2 aliphatic rings. The number of benzene rings is 2. The molecular formula is C28H33N5OS. The number of rotatable bonds is 5. The predicted octanol–water partition coefficient (Wildman–Crippen LogP) is 4.81. The lowest BCUT2D eigenvalue weighted by atomic mass is 9.95. The van der Waals surface area contributed by atoms with Crippen molar-refractivity contribution in [3.8, 4) is 0 Å². The monoisotopic (exact) mass is 487 g/mol. The lowest BCUT2D eigenvalue weighted by Crippen LogP contribution is -2.52. The van der Waals surface area contributed by atoms with Crippen LogP contribution in [-0.2, 0) is 4.79 Å². The van der Waals surface area contributed by atoms with Gasteiger partial charge in [-0.2, -0.15) is 0 Å². The van der Waals surface area contributed by atoms with Crippen molar-refractivity contribution in [2.24, 2.45) is 5.92 Å². The number of hydrogen-bond donors (Lipinski definition) is 0. The number of piperidine rings is 1. The molecule has 0 aliphatic carbocycles. The van der Waals surface area contributed by atoms with Crippen LogP contribution in [0.1, 0.15) is 24.0 Å². The van der Waals surface area contributed by atoms with E-state index >= 15 is 0 Å². The van der Waals surface area contributed by atoms with Crippen molar-refractivity contribution in [2.75, 3.05) is 49.1 Å². The van der Waals surface area contributed by atoms with Gasteiger partial charge in [0.25, 0.3) is 0 Å². The van der Waals surface area contributed by atoms with Crippen LogP contribution in [0.5, 0.6) is 0 Å². The summed E-state index contributed by atoms with van der Waals surface area (Å²) in [5.41, 5.74) is 3.97. The molecule has 1 amide bonds. The summed E-state index contributed by atoms with van der Waals surface area (Å²) in [6.45, 7) is 9.41. The number of aryl methyl sites for hydroxylation is 1. The SMILES string of the molecule is Cc1cccc(N2CCN(C(=O)C3CCN(c4nccnc4Sc4ccccc4)CC3)CC2)c1C. The van der Waals surface area contributed by atoms with Crippen molar-refractivity contribution in [3.05, 3.63) is 72.1 Å². The minimum absolute atomic E-state index is 0.0976. The first-order chi connectivity index (χ1) is 17.1. The second-order valence-corrected chi connectivity index (χ2v) is 10.5. The van der Waals surface area contributed by atoms with Gasteiger partial charge in [0.15, 0.2) is 5.82 Å². The summed E-state index contributed by atoms with van der Waals surface area (Å²) < 4.78 is 0. The third kappa shape index (κ3) is 5.30. The Bertz CT molecular complexity index is 1160. The second kappa shape index (κ2) is 10.7. The Kier molecular flexibility index (Phi) is 7.23. The Morgan fingerprint density at radius 3 is 2.29 bits per heavy atom. The highest BCUT2D eigenvalue weighted by Gasteiger charge is 2.31. The zero-order valence-electron chi connectivity index (χ0n) is 20.6. The van der Waals surface area contributed by atoms with Crippen molar-refractivity contribution in [2.45, 2.75) is 36.6 Å². The van der Waals surface area contributed by atoms with E-state index in [9.17, 15) is 4.79 Å². The topological polar surface area (TPSA) is 52.6 Å². The molecule has 1 aromatic heterocycles. The molecule has 0 bridgehead atoms.